The summed E-state index contributed by atoms with van der Waals surface area (Å²) >= 11 is 5.22. The van der Waals surface area contributed by atoms with E-state index in [0.29, 0.717) is 0 Å². The summed E-state index contributed by atoms with van der Waals surface area (Å²) < 4.78 is 0. The van der Waals surface area contributed by atoms with Crippen LogP contribution in [0.25, 0.3) is 0 Å². The van der Waals surface area contributed by atoms with Crippen LogP contribution in [0.2, 0.25) is 0 Å². The quantitative estimate of drug-likeness (QED) is 0.275. The molecule has 9 aliphatic carbocycles. The summed E-state index contributed by atoms with van der Waals surface area (Å²) in [6.07, 6.45) is 48.8. The van der Waals surface area contributed by atoms with Crippen molar-refractivity contribution in [3.05, 3.63) is 0 Å². The second-order valence-electron chi connectivity index (χ2n) is 22.4. The van der Waals surface area contributed by atoms with Gasteiger partial charge in [-0.25, -0.2) is 0 Å². The minimum Gasteiger partial charge on any atom is -0.293 e. The molecule has 14 unspecified atom stereocenters. The molecule has 11 aliphatic rings. The summed E-state index contributed by atoms with van der Waals surface area (Å²) in [5.74, 6) is 13.2. The van der Waals surface area contributed by atoms with E-state index in [9.17, 15) is 0 Å². The zero-order valence-corrected chi connectivity index (χ0v) is 35.8. The van der Waals surface area contributed by atoms with Crippen molar-refractivity contribution in [3.63, 3.8) is 0 Å². The van der Waals surface area contributed by atoms with Gasteiger partial charge in [-0.05, 0) is 187 Å². The summed E-state index contributed by atoms with van der Waals surface area (Å²) in [4.78, 5) is 3.47. The Kier molecular flexibility index (Phi) is 11.1. The lowest BCUT2D eigenvalue weighted by Crippen LogP contribution is -2.57. The maximum absolute atomic E-state index is 3.47. The van der Waals surface area contributed by atoms with E-state index in [-0.39, 0.29) is 0 Å². The van der Waals surface area contributed by atoms with Gasteiger partial charge in [0.1, 0.15) is 0 Å². The van der Waals surface area contributed by atoms with E-state index in [0.717, 1.165) is 110 Å². The maximum atomic E-state index is 3.47. The number of nitrogens with zero attached hydrogens (tertiary/aromatic N) is 1. The van der Waals surface area contributed by atoms with Gasteiger partial charge in [0.05, 0.1) is 0 Å². The molecule has 0 aromatic carbocycles. The molecular weight excluding hydrogens is 679 g/mol. The Hall–Kier alpha value is 0.660. The number of hydrogen-bond donors (Lipinski definition) is 0. The second kappa shape index (κ2) is 16.0. The van der Waals surface area contributed by atoms with Crippen LogP contribution in [-0.4, -0.2) is 44.0 Å². The van der Waals surface area contributed by atoms with Crippen molar-refractivity contribution >= 4 is 23.5 Å². The van der Waals surface area contributed by atoms with Crippen molar-refractivity contribution in [2.45, 2.75) is 238 Å². The molecule has 14 atom stereocenters. The molecule has 11 rings (SSSR count). The van der Waals surface area contributed by atoms with E-state index in [1.165, 1.54) is 25.7 Å². The molecule has 0 amide bonds. The number of fused-ring (bicyclic) bond motifs is 10. The average Bonchev–Trinajstić information content (AvgIpc) is 3.81. The van der Waals surface area contributed by atoms with Crippen LogP contribution in [0.15, 0.2) is 0 Å². The number of thioether (sulfide) groups is 2. The lowest BCUT2D eigenvalue weighted by molar-refractivity contribution is -0.0541. The lowest BCUT2D eigenvalue weighted by Gasteiger charge is -2.55. The summed E-state index contributed by atoms with van der Waals surface area (Å²) in [7, 11) is 0. The first-order chi connectivity index (χ1) is 26.3. The number of rotatable bonds is 5. The van der Waals surface area contributed by atoms with Gasteiger partial charge in [-0.15, -0.1) is 0 Å². The molecule has 298 valence electrons. The molecule has 0 aromatic heterocycles. The fourth-order valence-corrected chi connectivity index (χ4v) is 23.0. The normalized spacial score (nSPS) is 53.2. The highest BCUT2D eigenvalue weighted by atomic mass is 32.2. The Balaban J connectivity index is 0.830. The third-order valence-electron chi connectivity index (χ3n) is 20.5. The third-order valence-corrected chi connectivity index (χ3v) is 24.3. The standard InChI is InChI=1S/C50H81NS2/c1-2-11-32(12-3-1)33-21-25-36(26-22-33)51(37-27-23-34(24-28-37)44-31-35-13-4-5-14-38(35)39-15-6-7-16-40(39)44)45-19-10-18-41-42-29-30-47-48(50(42)53-49(41)45)43-17-8-9-20-46(43)52-47/h32-50H,1-31H2. The molecule has 1 nitrogen and oxygen atoms in total. The fraction of sp³-hybridized carbons (Fsp3) is 1.00. The Morgan fingerprint density at radius 1 is 0.302 bits per heavy atom. The maximum Gasteiger partial charge on any atom is 0.0237 e. The minimum absolute atomic E-state index is 0.914. The van der Waals surface area contributed by atoms with Gasteiger partial charge in [0.25, 0.3) is 0 Å². The fourth-order valence-electron chi connectivity index (χ4n) is 18.4. The molecule has 0 N–H and O–H groups in total. The van der Waals surface area contributed by atoms with Crippen LogP contribution in [0.5, 0.6) is 0 Å². The Morgan fingerprint density at radius 3 is 1.64 bits per heavy atom. The second-order valence-corrected chi connectivity index (χ2v) is 25.3. The molecule has 0 spiro atoms. The van der Waals surface area contributed by atoms with Gasteiger partial charge in [0.15, 0.2) is 0 Å². The first-order valence-corrected chi connectivity index (χ1v) is 27.3. The smallest absolute Gasteiger partial charge is 0.0237 e. The predicted octanol–water partition coefficient (Wildman–Crippen LogP) is 14.0. The molecule has 2 aliphatic heterocycles. The van der Waals surface area contributed by atoms with Crippen molar-refractivity contribution in [3.8, 4) is 0 Å². The first-order valence-electron chi connectivity index (χ1n) is 25.4. The zero-order chi connectivity index (χ0) is 34.9. The summed E-state index contributed by atoms with van der Waals surface area (Å²) in [5.41, 5.74) is 0. The molecule has 2 saturated heterocycles. The summed E-state index contributed by atoms with van der Waals surface area (Å²) in [6.45, 7) is 0. The Morgan fingerprint density at radius 2 is 0.868 bits per heavy atom. The van der Waals surface area contributed by atoms with Gasteiger partial charge in [-0.1, -0.05) is 83.5 Å². The molecule has 3 heteroatoms. The summed E-state index contributed by atoms with van der Waals surface area (Å²) in [6, 6.07) is 2.75. The Bertz CT molecular complexity index is 1210. The van der Waals surface area contributed by atoms with Crippen LogP contribution >= 0.6 is 23.5 Å². The van der Waals surface area contributed by atoms with Crippen LogP contribution in [-0.2, 0) is 0 Å². The zero-order valence-electron chi connectivity index (χ0n) is 34.2. The van der Waals surface area contributed by atoms with Crippen LogP contribution in [0.3, 0.4) is 0 Å². The van der Waals surface area contributed by atoms with Gasteiger partial charge < -0.3 is 0 Å². The lowest BCUT2D eigenvalue weighted by atomic mass is 9.51. The monoisotopic (exact) mass is 760 g/mol. The largest absolute Gasteiger partial charge is 0.293 e. The van der Waals surface area contributed by atoms with E-state index in [1.807, 2.05) is 0 Å². The van der Waals surface area contributed by atoms with Crippen molar-refractivity contribution < 1.29 is 0 Å². The Labute approximate surface area is 336 Å². The van der Waals surface area contributed by atoms with Gasteiger partial charge in [0.2, 0.25) is 0 Å². The van der Waals surface area contributed by atoms with E-state index >= 15 is 0 Å². The van der Waals surface area contributed by atoms with Gasteiger partial charge in [-0.2, -0.15) is 23.5 Å². The molecule has 0 aromatic rings. The summed E-state index contributed by atoms with van der Waals surface area (Å²) in [5, 5.41) is 4.08. The topological polar surface area (TPSA) is 3.24 Å². The van der Waals surface area contributed by atoms with E-state index in [4.69, 9.17) is 0 Å². The average molecular weight is 760 g/mol. The molecule has 2 heterocycles. The van der Waals surface area contributed by atoms with Crippen molar-refractivity contribution in [1.82, 2.24) is 4.90 Å². The first kappa shape index (κ1) is 36.7. The van der Waals surface area contributed by atoms with Crippen molar-refractivity contribution in [2.75, 3.05) is 0 Å². The van der Waals surface area contributed by atoms with E-state index < -0.39 is 0 Å². The molecular formula is C50H81NS2. The molecule has 11 fully saturated rings. The molecule has 0 radical (unpaired) electrons. The van der Waals surface area contributed by atoms with E-state index in [1.54, 1.807) is 173 Å². The van der Waals surface area contributed by atoms with E-state index in [2.05, 4.69) is 28.4 Å². The number of hydrogen-bond acceptors (Lipinski definition) is 3. The van der Waals surface area contributed by atoms with Gasteiger partial charge in [-0.3, -0.25) is 4.90 Å². The van der Waals surface area contributed by atoms with Crippen molar-refractivity contribution in [2.24, 2.45) is 71.0 Å². The highest BCUT2D eigenvalue weighted by Crippen LogP contribution is 2.65. The molecule has 0 bridgehead atoms. The SMILES string of the molecule is C1CCC(C2CCC(N(C3CCC(C4CC5CCCCC5C5CCCCC45)CC3)C3CCCC4C5CCC6SC7CCCCC7C6C5SC43)CC2)CC1. The van der Waals surface area contributed by atoms with Crippen LogP contribution in [0, 0.1) is 71.0 Å². The highest BCUT2D eigenvalue weighted by Gasteiger charge is 2.60. The molecule has 53 heavy (non-hydrogen) atoms. The highest BCUT2D eigenvalue weighted by molar-refractivity contribution is 8.02. The third kappa shape index (κ3) is 6.83. The predicted molar refractivity (Wildman–Crippen MR) is 229 cm³/mol. The van der Waals surface area contributed by atoms with Gasteiger partial charge in [0, 0.05) is 39.1 Å². The van der Waals surface area contributed by atoms with Crippen molar-refractivity contribution in [1.29, 1.82) is 0 Å². The van der Waals surface area contributed by atoms with Gasteiger partial charge >= 0.3 is 0 Å². The molecule has 9 saturated carbocycles. The van der Waals surface area contributed by atoms with Crippen LogP contribution in [0.4, 0.5) is 0 Å². The minimum atomic E-state index is 0.914. The van der Waals surface area contributed by atoms with Crippen LogP contribution in [0.1, 0.15) is 199 Å². The van der Waals surface area contributed by atoms with Crippen LogP contribution < -0.4 is 0 Å².